The lowest BCUT2D eigenvalue weighted by Gasteiger charge is -2.42. The van der Waals surface area contributed by atoms with Crippen molar-refractivity contribution in [3.05, 3.63) is 35.0 Å². The predicted molar refractivity (Wildman–Crippen MR) is 114 cm³/mol. The number of piperidine rings is 1. The van der Waals surface area contributed by atoms with Crippen molar-refractivity contribution in [2.24, 2.45) is 5.92 Å². The Bertz CT molecular complexity index is 908. The van der Waals surface area contributed by atoms with E-state index < -0.39 is 0 Å². The molecule has 3 heterocycles. The normalized spacial score (nSPS) is 20.5. The fraction of sp³-hybridized carbons (Fsp3) is 0.524. The molecule has 0 spiro atoms. The van der Waals surface area contributed by atoms with E-state index >= 15 is 0 Å². The van der Waals surface area contributed by atoms with Crippen molar-refractivity contribution in [2.75, 3.05) is 40.3 Å². The highest BCUT2D eigenvalue weighted by Gasteiger charge is 2.36. The number of benzene rings is 1. The molecule has 0 radical (unpaired) electrons. The summed E-state index contributed by atoms with van der Waals surface area (Å²) >= 11 is 6.04. The number of likely N-dealkylation sites (tertiary alicyclic amines) is 2. The van der Waals surface area contributed by atoms with Crippen molar-refractivity contribution in [2.45, 2.75) is 25.4 Å². The molecular formula is C21H28ClN5O2. The first-order valence-electron chi connectivity index (χ1n) is 10.2. The van der Waals surface area contributed by atoms with Gasteiger partial charge in [0.25, 0.3) is 0 Å². The third-order valence-corrected chi connectivity index (χ3v) is 6.29. The SMILES string of the molecule is CN1CC(C(=O)N2CCC[C@@H](N(C)C(=O)NCc3cc4cc(Cl)ccc4[nH]3)C2)C1. The Kier molecular flexibility index (Phi) is 5.69. The van der Waals surface area contributed by atoms with E-state index in [1.54, 1.807) is 4.90 Å². The highest BCUT2D eigenvalue weighted by molar-refractivity contribution is 6.31. The van der Waals surface area contributed by atoms with Gasteiger partial charge in [0, 0.05) is 54.8 Å². The third kappa shape index (κ3) is 4.36. The van der Waals surface area contributed by atoms with E-state index in [9.17, 15) is 9.59 Å². The number of aromatic nitrogens is 1. The topological polar surface area (TPSA) is 71.7 Å². The van der Waals surface area contributed by atoms with Gasteiger partial charge in [-0.15, -0.1) is 0 Å². The average molecular weight is 418 g/mol. The number of likely N-dealkylation sites (N-methyl/N-ethyl adjacent to an activating group) is 1. The molecule has 2 N–H and O–H groups in total. The van der Waals surface area contributed by atoms with Gasteiger partial charge in [-0.25, -0.2) is 4.79 Å². The van der Waals surface area contributed by atoms with E-state index in [0.29, 0.717) is 18.1 Å². The van der Waals surface area contributed by atoms with Crippen molar-refractivity contribution in [1.29, 1.82) is 0 Å². The van der Waals surface area contributed by atoms with Crippen molar-refractivity contribution >= 4 is 34.4 Å². The van der Waals surface area contributed by atoms with Crippen LogP contribution in [-0.4, -0.2) is 77.9 Å². The zero-order valence-electron chi connectivity index (χ0n) is 16.9. The molecule has 1 atom stereocenters. The lowest BCUT2D eigenvalue weighted by molar-refractivity contribution is -0.142. The average Bonchev–Trinajstić information content (AvgIpc) is 3.10. The molecule has 2 aliphatic heterocycles. The Labute approximate surface area is 176 Å². The summed E-state index contributed by atoms with van der Waals surface area (Å²) in [5.41, 5.74) is 1.92. The lowest BCUT2D eigenvalue weighted by atomic mass is 9.96. The summed E-state index contributed by atoms with van der Waals surface area (Å²) in [7, 11) is 3.85. The van der Waals surface area contributed by atoms with E-state index in [4.69, 9.17) is 11.6 Å². The summed E-state index contributed by atoms with van der Waals surface area (Å²) in [5.74, 6) is 0.353. The fourth-order valence-corrected chi connectivity index (χ4v) is 4.49. The fourth-order valence-electron chi connectivity index (χ4n) is 4.30. The molecule has 156 valence electrons. The second-order valence-electron chi connectivity index (χ2n) is 8.29. The first kappa shape index (κ1) is 20.0. The van der Waals surface area contributed by atoms with Gasteiger partial charge < -0.3 is 25.0 Å². The molecule has 2 aromatic rings. The summed E-state index contributed by atoms with van der Waals surface area (Å²) in [6.45, 7) is 3.51. The smallest absolute Gasteiger partial charge is 0.317 e. The van der Waals surface area contributed by atoms with Crippen LogP contribution in [0.2, 0.25) is 5.02 Å². The van der Waals surface area contributed by atoms with Gasteiger partial charge in [0.1, 0.15) is 0 Å². The van der Waals surface area contributed by atoms with E-state index in [2.05, 4.69) is 15.2 Å². The van der Waals surface area contributed by atoms with Crippen molar-refractivity contribution < 1.29 is 9.59 Å². The van der Waals surface area contributed by atoms with Gasteiger partial charge >= 0.3 is 6.03 Å². The van der Waals surface area contributed by atoms with Crippen LogP contribution >= 0.6 is 11.6 Å². The Balaban J connectivity index is 1.31. The van der Waals surface area contributed by atoms with Crippen LogP contribution in [0.15, 0.2) is 24.3 Å². The maximum absolute atomic E-state index is 12.7. The number of H-pyrrole nitrogens is 1. The van der Waals surface area contributed by atoms with Crippen molar-refractivity contribution in [3.63, 3.8) is 0 Å². The van der Waals surface area contributed by atoms with Gasteiger partial charge in [0.2, 0.25) is 5.91 Å². The van der Waals surface area contributed by atoms with Gasteiger partial charge in [-0.05, 0) is 44.2 Å². The number of hydrogen-bond acceptors (Lipinski definition) is 3. The van der Waals surface area contributed by atoms with Crippen LogP contribution in [0.1, 0.15) is 18.5 Å². The number of carbonyl (C=O) groups excluding carboxylic acids is 2. The van der Waals surface area contributed by atoms with Crippen LogP contribution in [0.4, 0.5) is 4.79 Å². The molecule has 1 aromatic heterocycles. The molecule has 0 saturated carbocycles. The van der Waals surface area contributed by atoms with Gasteiger partial charge in [-0.1, -0.05) is 11.6 Å². The molecule has 0 aliphatic carbocycles. The summed E-state index contributed by atoms with van der Waals surface area (Å²) in [6.07, 6.45) is 1.85. The molecule has 0 bridgehead atoms. The number of hydrogen-bond donors (Lipinski definition) is 2. The molecule has 7 nitrogen and oxygen atoms in total. The van der Waals surface area contributed by atoms with Crippen LogP contribution in [-0.2, 0) is 11.3 Å². The lowest BCUT2D eigenvalue weighted by Crippen LogP contribution is -2.57. The minimum atomic E-state index is -0.121. The number of rotatable bonds is 4. The first-order valence-corrected chi connectivity index (χ1v) is 10.5. The number of nitrogens with one attached hydrogen (secondary N) is 2. The number of halogens is 1. The molecule has 3 amide bonds. The molecule has 2 aliphatic rings. The Morgan fingerprint density at radius 2 is 2.07 bits per heavy atom. The van der Waals surface area contributed by atoms with Gasteiger partial charge in [0.05, 0.1) is 18.5 Å². The van der Waals surface area contributed by atoms with Crippen LogP contribution in [0.5, 0.6) is 0 Å². The van der Waals surface area contributed by atoms with Crippen LogP contribution in [0.3, 0.4) is 0 Å². The number of fused-ring (bicyclic) bond motifs is 1. The highest BCUT2D eigenvalue weighted by atomic mass is 35.5. The molecule has 4 rings (SSSR count). The van der Waals surface area contributed by atoms with Gasteiger partial charge in [0.15, 0.2) is 0 Å². The van der Waals surface area contributed by atoms with Crippen molar-refractivity contribution in [1.82, 2.24) is 25.0 Å². The molecule has 29 heavy (non-hydrogen) atoms. The standard InChI is InChI=1S/C21H28ClN5O2/c1-25-11-15(12-25)20(28)27-7-3-4-18(13-27)26(2)21(29)23-10-17-9-14-8-16(22)5-6-19(14)24-17/h5-6,8-9,15,18,24H,3-4,7,10-13H2,1-2H3,(H,23,29)/t18-/m1/s1. The van der Waals surface area contributed by atoms with E-state index in [0.717, 1.165) is 49.1 Å². The van der Waals surface area contributed by atoms with E-state index in [1.165, 1.54) is 0 Å². The third-order valence-electron chi connectivity index (χ3n) is 6.06. The van der Waals surface area contributed by atoms with E-state index in [-0.39, 0.29) is 23.9 Å². The van der Waals surface area contributed by atoms with Crippen LogP contribution in [0.25, 0.3) is 10.9 Å². The minimum absolute atomic E-state index is 0.0482. The number of aromatic amines is 1. The quantitative estimate of drug-likeness (QED) is 0.802. The zero-order chi connectivity index (χ0) is 20.5. The van der Waals surface area contributed by atoms with Crippen molar-refractivity contribution in [3.8, 4) is 0 Å². The summed E-state index contributed by atoms with van der Waals surface area (Å²) in [5, 5.41) is 4.70. The minimum Gasteiger partial charge on any atom is -0.357 e. The predicted octanol–water partition coefficient (Wildman–Crippen LogP) is 2.52. The maximum Gasteiger partial charge on any atom is 0.317 e. The Hall–Kier alpha value is -2.25. The summed E-state index contributed by atoms with van der Waals surface area (Å²) in [6, 6.07) is 7.60. The maximum atomic E-state index is 12.7. The molecular weight excluding hydrogens is 390 g/mol. The van der Waals surface area contributed by atoms with Gasteiger partial charge in [-0.3, -0.25) is 4.79 Å². The second kappa shape index (κ2) is 8.24. The van der Waals surface area contributed by atoms with Crippen LogP contribution < -0.4 is 5.32 Å². The zero-order valence-corrected chi connectivity index (χ0v) is 17.7. The second-order valence-corrected chi connectivity index (χ2v) is 8.73. The van der Waals surface area contributed by atoms with Crippen LogP contribution in [0, 0.1) is 5.92 Å². The Morgan fingerprint density at radius 1 is 1.28 bits per heavy atom. The largest absolute Gasteiger partial charge is 0.357 e. The number of nitrogens with zero attached hydrogens (tertiary/aromatic N) is 3. The highest BCUT2D eigenvalue weighted by Crippen LogP contribution is 2.22. The summed E-state index contributed by atoms with van der Waals surface area (Å²) < 4.78 is 0. The van der Waals surface area contributed by atoms with Gasteiger partial charge in [-0.2, -0.15) is 0 Å². The molecule has 0 unspecified atom stereocenters. The van der Waals surface area contributed by atoms with E-state index in [1.807, 2.05) is 43.3 Å². The number of carbonyl (C=O) groups is 2. The molecule has 2 fully saturated rings. The molecule has 1 aromatic carbocycles. The number of amides is 3. The summed E-state index contributed by atoms with van der Waals surface area (Å²) in [4.78, 5) is 34.5. The molecule has 8 heteroatoms. The Morgan fingerprint density at radius 3 is 2.83 bits per heavy atom. The monoisotopic (exact) mass is 417 g/mol. The number of urea groups is 1. The first-order chi connectivity index (χ1) is 13.9. The molecule has 2 saturated heterocycles.